The minimum Gasteiger partial charge on any atom is -0.494 e. The first-order valence-corrected chi connectivity index (χ1v) is 7.65. The predicted octanol–water partition coefficient (Wildman–Crippen LogP) is 4.18. The largest absolute Gasteiger partial charge is 0.494 e. The second-order valence-electron chi connectivity index (χ2n) is 5.12. The summed E-state index contributed by atoms with van der Waals surface area (Å²) in [6.45, 7) is 4.97. The summed E-state index contributed by atoms with van der Waals surface area (Å²) in [6.07, 6.45) is 1.97. The summed E-state index contributed by atoms with van der Waals surface area (Å²) in [5.41, 5.74) is 3.24. The van der Waals surface area contributed by atoms with E-state index in [4.69, 9.17) is 9.47 Å². The molecule has 0 aliphatic carbocycles. The zero-order chi connectivity index (χ0) is 15.8. The molecule has 3 nitrogen and oxygen atoms in total. The number of carbonyl (C=O) groups is 1. The van der Waals surface area contributed by atoms with E-state index >= 15 is 0 Å². The molecule has 0 N–H and O–H groups in total. The monoisotopic (exact) mass is 298 g/mol. The fourth-order valence-corrected chi connectivity index (χ4v) is 2.24. The molecule has 0 aromatic heterocycles. The summed E-state index contributed by atoms with van der Waals surface area (Å²) in [5, 5.41) is 0. The molecule has 0 amide bonds. The molecule has 2 aromatic rings. The average Bonchev–Trinajstić information content (AvgIpc) is 2.54. The number of rotatable bonds is 7. The highest BCUT2D eigenvalue weighted by atomic mass is 16.5. The van der Waals surface area contributed by atoms with Gasteiger partial charge in [0.1, 0.15) is 5.75 Å². The van der Waals surface area contributed by atoms with Crippen LogP contribution < -0.4 is 4.74 Å². The van der Waals surface area contributed by atoms with Crippen molar-refractivity contribution in [2.75, 3.05) is 13.2 Å². The molecule has 3 heteroatoms. The molecule has 116 valence electrons. The fourth-order valence-electron chi connectivity index (χ4n) is 2.24. The van der Waals surface area contributed by atoms with Gasteiger partial charge in [0.2, 0.25) is 0 Å². The summed E-state index contributed by atoms with van der Waals surface area (Å²) >= 11 is 0. The standard InChI is InChI=1S/C19H22O3/c1-3-21-19(20)17-10-12-18(13-11-17)22-14-6-9-16-8-5-4-7-15(16)2/h4-5,7-8,10-13H,3,6,9,14H2,1-2H3. The van der Waals surface area contributed by atoms with Crippen molar-refractivity contribution < 1.29 is 14.3 Å². The van der Waals surface area contributed by atoms with E-state index in [1.165, 1.54) is 11.1 Å². The van der Waals surface area contributed by atoms with Gasteiger partial charge in [0, 0.05) is 0 Å². The van der Waals surface area contributed by atoms with Crippen molar-refractivity contribution in [3.8, 4) is 5.75 Å². The van der Waals surface area contributed by atoms with Crippen LogP contribution >= 0.6 is 0 Å². The molecule has 2 aromatic carbocycles. The number of carbonyl (C=O) groups excluding carboxylic acids is 1. The smallest absolute Gasteiger partial charge is 0.338 e. The van der Waals surface area contributed by atoms with Crippen molar-refractivity contribution in [2.24, 2.45) is 0 Å². The van der Waals surface area contributed by atoms with Crippen LogP contribution in [0, 0.1) is 6.92 Å². The Hall–Kier alpha value is -2.29. The van der Waals surface area contributed by atoms with E-state index < -0.39 is 0 Å². The summed E-state index contributed by atoms with van der Waals surface area (Å²) in [4.78, 5) is 11.5. The molecule has 0 aliphatic rings. The predicted molar refractivity (Wildman–Crippen MR) is 87.4 cm³/mol. The molecular weight excluding hydrogens is 276 g/mol. The van der Waals surface area contributed by atoms with Gasteiger partial charge in [0.25, 0.3) is 0 Å². The Morgan fingerprint density at radius 3 is 2.45 bits per heavy atom. The van der Waals surface area contributed by atoms with E-state index in [9.17, 15) is 4.79 Å². The molecule has 0 fully saturated rings. The third-order valence-corrected chi connectivity index (χ3v) is 3.49. The van der Waals surface area contributed by atoms with Crippen LogP contribution in [0.25, 0.3) is 0 Å². The van der Waals surface area contributed by atoms with Gasteiger partial charge >= 0.3 is 5.97 Å². The van der Waals surface area contributed by atoms with E-state index in [1.807, 2.05) is 0 Å². The molecular formula is C19H22O3. The highest BCUT2D eigenvalue weighted by molar-refractivity contribution is 5.89. The maximum absolute atomic E-state index is 11.5. The number of aryl methyl sites for hydroxylation is 2. The van der Waals surface area contributed by atoms with E-state index in [1.54, 1.807) is 31.2 Å². The lowest BCUT2D eigenvalue weighted by atomic mass is 10.0. The molecule has 0 heterocycles. The van der Waals surface area contributed by atoms with Crippen LogP contribution in [0.2, 0.25) is 0 Å². The van der Waals surface area contributed by atoms with Crippen LogP contribution in [0.5, 0.6) is 5.75 Å². The Balaban J connectivity index is 1.78. The maximum Gasteiger partial charge on any atom is 0.338 e. The summed E-state index contributed by atoms with van der Waals surface area (Å²) in [5.74, 6) is 0.478. The highest BCUT2D eigenvalue weighted by Crippen LogP contribution is 2.14. The van der Waals surface area contributed by atoms with Gasteiger partial charge in [0.05, 0.1) is 18.8 Å². The lowest BCUT2D eigenvalue weighted by molar-refractivity contribution is 0.0526. The Morgan fingerprint density at radius 1 is 1.05 bits per heavy atom. The topological polar surface area (TPSA) is 35.5 Å². The van der Waals surface area contributed by atoms with Gasteiger partial charge in [-0.3, -0.25) is 0 Å². The van der Waals surface area contributed by atoms with Crippen LogP contribution in [0.3, 0.4) is 0 Å². The molecule has 2 rings (SSSR count). The van der Waals surface area contributed by atoms with Crippen LogP contribution in [-0.2, 0) is 11.2 Å². The van der Waals surface area contributed by atoms with E-state index in [2.05, 4.69) is 31.2 Å². The molecule has 0 unspecified atom stereocenters. The summed E-state index contributed by atoms with van der Waals surface area (Å²) < 4.78 is 10.7. The molecule has 0 spiro atoms. The van der Waals surface area contributed by atoms with Crippen molar-refractivity contribution in [3.05, 3.63) is 65.2 Å². The quantitative estimate of drug-likeness (QED) is 0.568. The van der Waals surface area contributed by atoms with Crippen molar-refractivity contribution in [2.45, 2.75) is 26.7 Å². The van der Waals surface area contributed by atoms with Crippen molar-refractivity contribution in [1.82, 2.24) is 0 Å². The van der Waals surface area contributed by atoms with Crippen LogP contribution in [0.15, 0.2) is 48.5 Å². The normalized spacial score (nSPS) is 10.3. The summed E-state index contributed by atoms with van der Waals surface area (Å²) in [6, 6.07) is 15.5. The minimum atomic E-state index is -0.298. The van der Waals surface area contributed by atoms with Crippen molar-refractivity contribution in [1.29, 1.82) is 0 Å². The first-order valence-electron chi connectivity index (χ1n) is 7.65. The van der Waals surface area contributed by atoms with Crippen molar-refractivity contribution >= 4 is 5.97 Å². The van der Waals surface area contributed by atoms with E-state index in [0.29, 0.717) is 18.8 Å². The molecule has 0 bridgehead atoms. The van der Waals surface area contributed by atoms with Gasteiger partial charge in [-0.05, 0) is 62.1 Å². The van der Waals surface area contributed by atoms with Gasteiger partial charge in [-0.25, -0.2) is 4.79 Å². The number of benzene rings is 2. The second-order valence-corrected chi connectivity index (χ2v) is 5.12. The average molecular weight is 298 g/mol. The third-order valence-electron chi connectivity index (χ3n) is 3.49. The lowest BCUT2D eigenvalue weighted by Crippen LogP contribution is -2.05. The number of ether oxygens (including phenoxy) is 2. The van der Waals surface area contributed by atoms with Gasteiger partial charge in [0.15, 0.2) is 0 Å². The van der Waals surface area contributed by atoms with Crippen LogP contribution in [0.1, 0.15) is 34.8 Å². The highest BCUT2D eigenvalue weighted by Gasteiger charge is 2.05. The Morgan fingerprint density at radius 2 is 1.77 bits per heavy atom. The first kappa shape index (κ1) is 16.1. The zero-order valence-corrected chi connectivity index (χ0v) is 13.2. The van der Waals surface area contributed by atoms with Gasteiger partial charge in [-0.2, -0.15) is 0 Å². The van der Waals surface area contributed by atoms with E-state index in [0.717, 1.165) is 18.6 Å². The van der Waals surface area contributed by atoms with E-state index in [-0.39, 0.29) is 5.97 Å². The fraction of sp³-hybridized carbons (Fsp3) is 0.316. The second kappa shape index (κ2) is 8.23. The Bertz CT molecular complexity index is 602. The van der Waals surface area contributed by atoms with Crippen LogP contribution in [-0.4, -0.2) is 19.2 Å². The molecule has 0 saturated heterocycles. The number of esters is 1. The number of hydrogen-bond acceptors (Lipinski definition) is 3. The molecule has 22 heavy (non-hydrogen) atoms. The molecule has 0 aliphatic heterocycles. The maximum atomic E-state index is 11.5. The van der Waals surface area contributed by atoms with Gasteiger partial charge in [-0.1, -0.05) is 24.3 Å². The van der Waals surface area contributed by atoms with Gasteiger partial charge < -0.3 is 9.47 Å². The number of hydrogen-bond donors (Lipinski definition) is 0. The lowest BCUT2D eigenvalue weighted by Gasteiger charge is -2.08. The summed E-state index contributed by atoms with van der Waals surface area (Å²) in [7, 11) is 0. The minimum absolute atomic E-state index is 0.298. The zero-order valence-electron chi connectivity index (χ0n) is 13.2. The Labute approximate surface area is 131 Å². The van der Waals surface area contributed by atoms with Gasteiger partial charge in [-0.15, -0.1) is 0 Å². The van der Waals surface area contributed by atoms with Crippen molar-refractivity contribution in [3.63, 3.8) is 0 Å². The molecule has 0 atom stereocenters. The third kappa shape index (κ3) is 4.62. The van der Waals surface area contributed by atoms with Crippen LogP contribution in [0.4, 0.5) is 0 Å². The first-order chi connectivity index (χ1) is 10.7. The SMILES string of the molecule is CCOC(=O)c1ccc(OCCCc2ccccc2C)cc1. The molecule has 0 radical (unpaired) electrons. The Kier molecular flexibility index (Phi) is 6.01. The molecule has 0 saturated carbocycles.